The van der Waals surface area contributed by atoms with Crippen molar-refractivity contribution in [3.8, 4) is 5.75 Å². The number of fused-ring (bicyclic) bond motifs is 1. The third-order valence-corrected chi connectivity index (χ3v) is 3.45. The Morgan fingerprint density at radius 3 is 2.72 bits per heavy atom. The Balaban J connectivity index is 1.85. The minimum absolute atomic E-state index is 0.113. The van der Waals surface area contributed by atoms with Crippen molar-refractivity contribution in [1.82, 2.24) is 14.8 Å². The summed E-state index contributed by atoms with van der Waals surface area (Å²) in [5.74, 6) is 1.46. The van der Waals surface area contributed by atoms with E-state index in [2.05, 4.69) is 26.0 Å². The monoisotopic (exact) mass is 347 g/mol. The van der Waals surface area contributed by atoms with Gasteiger partial charge in [-0.2, -0.15) is 0 Å². The number of rotatable bonds is 2. The van der Waals surface area contributed by atoms with Crippen LogP contribution in [0.3, 0.4) is 0 Å². The molecule has 7 heteroatoms. The molecule has 0 aliphatic carbocycles. The molecule has 0 saturated carbocycles. The Hall–Kier alpha value is -0.780. The molecule has 0 amide bonds. The first-order valence-corrected chi connectivity index (χ1v) is 6.90. The number of aromatic nitrogens is 3. The lowest BCUT2D eigenvalue weighted by Gasteiger charge is -2.12. The SMILES string of the molecule is Clc1cc(Cl)cc(OC2CCn3nc(Br)nc32)c1. The largest absolute Gasteiger partial charge is 0.482 e. The van der Waals surface area contributed by atoms with Crippen LogP contribution in [0, 0.1) is 0 Å². The van der Waals surface area contributed by atoms with E-state index in [0.29, 0.717) is 20.5 Å². The van der Waals surface area contributed by atoms with E-state index in [4.69, 9.17) is 27.9 Å². The van der Waals surface area contributed by atoms with Gasteiger partial charge in [0.25, 0.3) is 0 Å². The van der Waals surface area contributed by atoms with Crippen LogP contribution in [0.2, 0.25) is 10.0 Å². The first-order valence-electron chi connectivity index (χ1n) is 5.35. The van der Waals surface area contributed by atoms with Gasteiger partial charge in [-0.3, -0.25) is 0 Å². The van der Waals surface area contributed by atoms with Crippen molar-refractivity contribution in [2.45, 2.75) is 19.1 Å². The third kappa shape index (κ3) is 2.35. The van der Waals surface area contributed by atoms with Gasteiger partial charge in [0.05, 0.1) is 0 Å². The normalized spacial score (nSPS) is 17.8. The minimum atomic E-state index is -0.113. The van der Waals surface area contributed by atoms with Crippen molar-refractivity contribution in [3.63, 3.8) is 0 Å². The van der Waals surface area contributed by atoms with Gasteiger partial charge in [0, 0.05) is 23.0 Å². The maximum atomic E-state index is 5.93. The Morgan fingerprint density at radius 1 is 1.28 bits per heavy atom. The highest BCUT2D eigenvalue weighted by Gasteiger charge is 2.28. The maximum absolute atomic E-state index is 5.93. The molecule has 0 bridgehead atoms. The fraction of sp³-hybridized carbons (Fsp3) is 0.273. The molecule has 0 saturated heterocycles. The van der Waals surface area contributed by atoms with E-state index >= 15 is 0 Å². The van der Waals surface area contributed by atoms with Gasteiger partial charge in [0.1, 0.15) is 5.75 Å². The predicted molar refractivity (Wildman–Crippen MR) is 72.2 cm³/mol. The molecule has 94 valence electrons. The molecule has 1 aromatic carbocycles. The molecular formula is C11H8BrCl2N3O. The number of nitrogens with zero attached hydrogens (tertiary/aromatic N) is 3. The number of hydrogen-bond donors (Lipinski definition) is 0. The van der Waals surface area contributed by atoms with Crippen LogP contribution in [0.4, 0.5) is 0 Å². The Morgan fingerprint density at radius 2 is 2.00 bits per heavy atom. The highest BCUT2D eigenvalue weighted by Crippen LogP contribution is 2.32. The van der Waals surface area contributed by atoms with Crippen molar-refractivity contribution < 1.29 is 4.74 Å². The smallest absolute Gasteiger partial charge is 0.217 e. The first kappa shape index (κ1) is 12.3. The molecular weight excluding hydrogens is 341 g/mol. The standard InChI is InChI=1S/C11H8BrCl2N3O/c12-11-15-10-9(1-2-17(10)16-11)18-8-4-6(13)3-7(14)5-8/h3-5,9H,1-2H2. The number of aryl methyl sites for hydroxylation is 1. The van der Waals surface area contributed by atoms with E-state index in [1.54, 1.807) is 18.2 Å². The summed E-state index contributed by atoms with van der Waals surface area (Å²) in [5.41, 5.74) is 0. The van der Waals surface area contributed by atoms with E-state index in [9.17, 15) is 0 Å². The predicted octanol–water partition coefficient (Wildman–Crippen LogP) is 3.87. The molecule has 3 rings (SSSR count). The lowest BCUT2D eigenvalue weighted by molar-refractivity contribution is 0.203. The second-order valence-electron chi connectivity index (χ2n) is 3.96. The molecule has 1 aliphatic heterocycles. The molecule has 1 aliphatic rings. The summed E-state index contributed by atoms with van der Waals surface area (Å²) in [6, 6.07) is 5.15. The summed E-state index contributed by atoms with van der Waals surface area (Å²) in [6.45, 7) is 0.799. The second-order valence-corrected chi connectivity index (χ2v) is 5.54. The molecule has 4 nitrogen and oxygen atoms in total. The molecule has 18 heavy (non-hydrogen) atoms. The average Bonchev–Trinajstić information content (AvgIpc) is 2.78. The highest BCUT2D eigenvalue weighted by molar-refractivity contribution is 9.10. The first-order chi connectivity index (χ1) is 8.61. The number of ether oxygens (including phenoxy) is 1. The van der Waals surface area contributed by atoms with Crippen LogP contribution < -0.4 is 4.74 Å². The molecule has 1 aromatic heterocycles. The molecule has 0 spiro atoms. The number of benzene rings is 1. The summed E-state index contributed by atoms with van der Waals surface area (Å²) >= 11 is 15.1. The molecule has 1 unspecified atom stereocenters. The van der Waals surface area contributed by atoms with Crippen LogP contribution in [0.15, 0.2) is 22.9 Å². The zero-order valence-corrected chi connectivity index (χ0v) is 12.2. The van der Waals surface area contributed by atoms with Crippen LogP contribution in [0.5, 0.6) is 5.75 Å². The van der Waals surface area contributed by atoms with Gasteiger partial charge in [-0.05, 0) is 34.1 Å². The van der Waals surface area contributed by atoms with Crippen LogP contribution in [0.1, 0.15) is 18.3 Å². The third-order valence-electron chi connectivity index (χ3n) is 2.68. The van der Waals surface area contributed by atoms with Crippen molar-refractivity contribution in [3.05, 3.63) is 38.8 Å². The van der Waals surface area contributed by atoms with E-state index in [1.165, 1.54) is 0 Å². The van der Waals surface area contributed by atoms with Crippen molar-refractivity contribution in [2.24, 2.45) is 0 Å². The zero-order chi connectivity index (χ0) is 12.7. The molecule has 2 heterocycles. The van der Waals surface area contributed by atoms with Gasteiger partial charge in [0.2, 0.25) is 4.73 Å². The maximum Gasteiger partial charge on any atom is 0.217 e. The molecule has 0 N–H and O–H groups in total. The summed E-state index contributed by atoms with van der Waals surface area (Å²) < 4.78 is 8.28. The van der Waals surface area contributed by atoms with Gasteiger partial charge < -0.3 is 4.74 Å². The zero-order valence-electron chi connectivity index (χ0n) is 9.11. The van der Waals surface area contributed by atoms with E-state index < -0.39 is 0 Å². The fourth-order valence-electron chi connectivity index (χ4n) is 1.97. The van der Waals surface area contributed by atoms with Gasteiger partial charge in [-0.1, -0.05) is 23.2 Å². The molecule has 1 atom stereocenters. The van der Waals surface area contributed by atoms with Crippen LogP contribution in [-0.2, 0) is 6.54 Å². The number of hydrogen-bond acceptors (Lipinski definition) is 3. The lowest BCUT2D eigenvalue weighted by Crippen LogP contribution is -2.05. The topological polar surface area (TPSA) is 39.9 Å². The quantitative estimate of drug-likeness (QED) is 0.827. The number of halogens is 3. The lowest BCUT2D eigenvalue weighted by atomic mass is 10.3. The van der Waals surface area contributed by atoms with Gasteiger partial charge in [-0.25, -0.2) is 9.67 Å². The highest BCUT2D eigenvalue weighted by atomic mass is 79.9. The minimum Gasteiger partial charge on any atom is -0.482 e. The second kappa shape index (κ2) is 4.72. The van der Waals surface area contributed by atoms with E-state index in [1.807, 2.05) is 4.68 Å². The van der Waals surface area contributed by atoms with Gasteiger partial charge in [-0.15, -0.1) is 5.10 Å². The van der Waals surface area contributed by atoms with Crippen LogP contribution in [-0.4, -0.2) is 14.8 Å². The van der Waals surface area contributed by atoms with E-state index in [0.717, 1.165) is 18.8 Å². The average molecular weight is 349 g/mol. The summed E-state index contributed by atoms with van der Waals surface area (Å²) in [4.78, 5) is 4.29. The molecule has 2 aromatic rings. The summed E-state index contributed by atoms with van der Waals surface area (Å²) in [6.07, 6.45) is 0.727. The van der Waals surface area contributed by atoms with Crippen molar-refractivity contribution in [1.29, 1.82) is 0 Å². The van der Waals surface area contributed by atoms with Gasteiger partial charge >= 0.3 is 0 Å². The Kier molecular flexibility index (Phi) is 3.21. The summed E-state index contributed by atoms with van der Waals surface area (Å²) in [5, 5.41) is 5.32. The van der Waals surface area contributed by atoms with Crippen LogP contribution >= 0.6 is 39.1 Å². The van der Waals surface area contributed by atoms with Crippen molar-refractivity contribution >= 4 is 39.1 Å². The van der Waals surface area contributed by atoms with Gasteiger partial charge in [0.15, 0.2) is 11.9 Å². The van der Waals surface area contributed by atoms with Crippen molar-refractivity contribution in [2.75, 3.05) is 0 Å². The Bertz CT molecular complexity index is 582. The Labute approximate surface area is 122 Å². The molecule has 0 radical (unpaired) electrons. The van der Waals surface area contributed by atoms with E-state index in [-0.39, 0.29) is 6.10 Å². The molecule has 0 fully saturated rings. The summed E-state index contributed by atoms with van der Waals surface area (Å²) in [7, 11) is 0. The van der Waals surface area contributed by atoms with Crippen LogP contribution in [0.25, 0.3) is 0 Å². The fourth-order valence-corrected chi connectivity index (χ4v) is 2.85.